The third kappa shape index (κ3) is 2.51. The van der Waals surface area contributed by atoms with Gasteiger partial charge in [0, 0.05) is 24.5 Å². The molecule has 1 amide bonds. The summed E-state index contributed by atoms with van der Waals surface area (Å²) in [6.45, 7) is 1.09. The Morgan fingerprint density at radius 2 is 2.26 bits per heavy atom. The second kappa shape index (κ2) is 5.09. The van der Waals surface area contributed by atoms with Crippen LogP contribution in [0.25, 0.3) is 0 Å². The molecule has 3 rings (SSSR count). The van der Waals surface area contributed by atoms with E-state index in [0.717, 1.165) is 24.2 Å². The minimum absolute atomic E-state index is 0.264. The Hall–Kier alpha value is -1.75. The quantitative estimate of drug-likeness (QED) is 0.904. The Bertz CT molecular complexity index is 472. The minimum Gasteiger partial charge on any atom is -0.447 e. The number of anilines is 2. The highest BCUT2D eigenvalue weighted by Gasteiger charge is 2.29. The monoisotopic (exact) mass is 262 g/mol. The number of amides is 1. The van der Waals surface area contributed by atoms with Gasteiger partial charge in [-0.15, -0.1) is 0 Å². The van der Waals surface area contributed by atoms with E-state index in [1.165, 1.54) is 0 Å². The van der Waals surface area contributed by atoms with Crippen LogP contribution in [0.15, 0.2) is 24.3 Å². The van der Waals surface area contributed by atoms with Gasteiger partial charge in [0.25, 0.3) is 0 Å². The summed E-state index contributed by atoms with van der Waals surface area (Å²) in [7, 11) is 1.75. The predicted molar refractivity (Wildman–Crippen MR) is 72.6 cm³/mol. The first-order chi connectivity index (χ1) is 9.26. The molecule has 0 atom stereocenters. The van der Waals surface area contributed by atoms with Crippen LogP contribution >= 0.6 is 0 Å². The third-order valence-corrected chi connectivity index (χ3v) is 3.72. The molecule has 2 aliphatic rings. The Labute approximate surface area is 112 Å². The summed E-state index contributed by atoms with van der Waals surface area (Å²) in [5.74, 6) is 0. The van der Waals surface area contributed by atoms with Crippen molar-refractivity contribution in [3.05, 3.63) is 24.3 Å². The van der Waals surface area contributed by atoms with Crippen molar-refractivity contribution in [3.8, 4) is 0 Å². The molecule has 1 aliphatic carbocycles. The number of cyclic esters (lactones) is 1. The van der Waals surface area contributed by atoms with Gasteiger partial charge in [-0.3, -0.25) is 4.90 Å². The Balaban J connectivity index is 1.65. The summed E-state index contributed by atoms with van der Waals surface area (Å²) >= 11 is 0. The Morgan fingerprint density at radius 3 is 2.95 bits per heavy atom. The van der Waals surface area contributed by atoms with Crippen LogP contribution in [0.3, 0.4) is 0 Å². The molecule has 1 heterocycles. The summed E-state index contributed by atoms with van der Waals surface area (Å²) in [6.07, 6.45) is 2.19. The molecule has 5 nitrogen and oxygen atoms in total. The number of nitrogens with zero attached hydrogens (tertiary/aromatic N) is 1. The molecule has 0 unspecified atom stereocenters. The van der Waals surface area contributed by atoms with Crippen LogP contribution in [-0.4, -0.2) is 38.5 Å². The smallest absolute Gasteiger partial charge is 0.414 e. The van der Waals surface area contributed by atoms with Crippen molar-refractivity contribution in [1.29, 1.82) is 0 Å². The van der Waals surface area contributed by atoms with E-state index >= 15 is 0 Å². The number of ether oxygens (including phenoxy) is 2. The summed E-state index contributed by atoms with van der Waals surface area (Å²) in [4.78, 5) is 13.2. The first-order valence-electron chi connectivity index (χ1n) is 6.60. The van der Waals surface area contributed by atoms with Crippen LogP contribution in [-0.2, 0) is 9.47 Å². The lowest BCUT2D eigenvalue weighted by molar-refractivity contribution is 0.0329. The average Bonchev–Trinajstić information content (AvgIpc) is 2.80. The van der Waals surface area contributed by atoms with Gasteiger partial charge in [0.1, 0.15) is 6.61 Å². The van der Waals surface area contributed by atoms with Gasteiger partial charge in [0.2, 0.25) is 0 Å². The number of benzene rings is 1. The molecular weight excluding hydrogens is 244 g/mol. The molecule has 0 radical (unpaired) electrons. The van der Waals surface area contributed by atoms with Crippen LogP contribution in [0.2, 0.25) is 0 Å². The maximum atomic E-state index is 11.5. The van der Waals surface area contributed by atoms with E-state index in [-0.39, 0.29) is 6.09 Å². The average molecular weight is 262 g/mol. The van der Waals surface area contributed by atoms with Crippen molar-refractivity contribution in [2.24, 2.45) is 0 Å². The van der Waals surface area contributed by atoms with Crippen LogP contribution in [0.5, 0.6) is 0 Å². The largest absolute Gasteiger partial charge is 0.447 e. The fraction of sp³-hybridized carbons (Fsp3) is 0.500. The van der Waals surface area contributed by atoms with Gasteiger partial charge >= 0.3 is 6.09 Å². The van der Waals surface area contributed by atoms with Gasteiger partial charge < -0.3 is 14.8 Å². The molecule has 5 heteroatoms. The normalized spacial score (nSPS) is 25.9. The number of hydrogen-bond donors (Lipinski definition) is 1. The van der Waals surface area contributed by atoms with E-state index in [1.807, 2.05) is 24.3 Å². The molecule has 2 fully saturated rings. The van der Waals surface area contributed by atoms with Crippen molar-refractivity contribution in [2.75, 3.05) is 30.5 Å². The zero-order valence-corrected chi connectivity index (χ0v) is 11.0. The molecule has 1 aliphatic heterocycles. The van der Waals surface area contributed by atoms with Crippen molar-refractivity contribution in [1.82, 2.24) is 0 Å². The van der Waals surface area contributed by atoms with Crippen molar-refractivity contribution < 1.29 is 14.3 Å². The molecule has 0 spiro atoms. The van der Waals surface area contributed by atoms with E-state index in [9.17, 15) is 4.79 Å². The van der Waals surface area contributed by atoms with Crippen molar-refractivity contribution in [3.63, 3.8) is 0 Å². The molecule has 0 bridgehead atoms. The van der Waals surface area contributed by atoms with E-state index in [1.54, 1.807) is 12.0 Å². The fourth-order valence-electron chi connectivity index (χ4n) is 2.50. The number of carbonyl (C=O) groups excluding carboxylic acids is 1. The summed E-state index contributed by atoms with van der Waals surface area (Å²) in [5.41, 5.74) is 1.92. The SMILES string of the molecule is COC1CC(Nc2cccc(N3CCOC3=O)c2)C1. The molecule has 0 aromatic heterocycles. The molecule has 102 valence electrons. The molecule has 1 aromatic rings. The Morgan fingerprint density at radius 1 is 1.42 bits per heavy atom. The van der Waals surface area contributed by atoms with Crippen LogP contribution in [0.4, 0.5) is 16.2 Å². The topological polar surface area (TPSA) is 50.8 Å². The lowest BCUT2D eigenvalue weighted by Crippen LogP contribution is -2.40. The van der Waals surface area contributed by atoms with E-state index in [0.29, 0.717) is 25.3 Å². The molecule has 1 aromatic carbocycles. The maximum absolute atomic E-state index is 11.5. The van der Waals surface area contributed by atoms with Crippen molar-refractivity contribution in [2.45, 2.75) is 25.0 Å². The van der Waals surface area contributed by atoms with E-state index in [4.69, 9.17) is 9.47 Å². The maximum Gasteiger partial charge on any atom is 0.414 e. The van der Waals surface area contributed by atoms with Gasteiger partial charge in [-0.25, -0.2) is 4.79 Å². The molecule has 1 N–H and O–H groups in total. The summed E-state index contributed by atoms with van der Waals surface area (Å²) in [5, 5.41) is 3.46. The highest BCUT2D eigenvalue weighted by molar-refractivity contribution is 5.89. The second-order valence-electron chi connectivity index (χ2n) is 4.99. The Kier molecular flexibility index (Phi) is 3.29. The highest BCUT2D eigenvalue weighted by atomic mass is 16.6. The van der Waals surface area contributed by atoms with Gasteiger partial charge in [0.05, 0.1) is 12.6 Å². The first-order valence-corrected chi connectivity index (χ1v) is 6.60. The van der Waals surface area contributed by atoms with Gasteiger partial charge in [-0.05, 0) is 31.0 Å². The van der Waals surface area contributed by atoms with Gasteiger partial charge in [-0.1, -0.05) is 6.07 Å². The number of hydrogen-bond acceptors (Lipinski definition) is 4. The van der Waals surface area contributed by atoms with Crippen LogP contribution in [0, 0.1) is 0 Å². The molecule has 19 heavy (non-hydrogen) atoms. The molecule has 1 saturated heterocycles. The van der Waals surface area contributed by atoms with Crippen LogP contribution in [0.1, 0.15) is 12.8 Å². The summed E-state index contributed by atoms with van der Waals surface area (Å²) in [6, 6.07) is 8.36. The van der Waals surface area contributed by atoms with Crippen LogP contribution < -0.4 is 10.2 Å². The minimum atomic E-state index is -0.264. The fourth-order valence-corrected chi connectivity index (χ4v) is 2.50. The number of carbonyl (C=O) groups is 1. The number of methoxy groups -OCH3 is 1. The van der Waals surface area contributed by atoms with Crippen molar-refractivity contribution >= 4 is 17.5 Å². The lowest BCUT2D eigenvalue weighted by Gasteiger charge is -2.35. The zero-order chi connectivity index (χ0) is 13.2. The van der Waals surface area contributed by atoms with E-state index in [2.05, 4.69) is 5.32 Å². The molecule has 1 saturated carbocycles. The number of rotatable bonds is 4. The van der Waals surface area contributed by atoms with Gasteiger partial charge in [0.15, 0.2) is 0 Å². The molecular formula is C14H18N2O3. The standard InChI is InChI=1S/C14H18N2O3/c1-18-13-8-11(9-13)15-10-3-2-4-12(7-10)16-5-6-19-14(16)17/h2-4,7,11,13,15H,5-6,8-9H2,1H3. The zero-order valence-electron chi connectivity index (χ0n) is 11.0. The number of nitrogens with one attached hydrogen (secondary N) is 1. The highest BCUT2D eigenvalue weighted by Crippen LogP contribution is 2.28. The first kappa shape index (κ1) is 12.3. The summed E-state index contributed by atoms with van der Waals surface area (Å²) < 4.78 is 10.2. The second-order valence-corrected chi connectivity index (χ2v) is 4.99. The van der Waals surface area contributed by atoms with E-state index < -0.39 is 0 Å². The lowest BCUT2D eigenvalue weighted by atomic mass is 9.89. The van der Waals surface area contributed by atoms with Gasteiger partial charge in [-0.2, -0.15) is 0 Å². The third-order valence-electron chi connectivity index (χ3n) is 3.72. The predicted octanol–water partition coefficient (Wildman–Crippen LogP) is 2.23.